The predicted molar refractivity (Wildman–Crippen MR) is 58.6 cm³/mol. The Hall–Kier alpha value is -2.01. The molecular weight excluding hydrogens is 226 g/mol. The molecule has 3 nitrogen and oxygen atoms in total. The smallest absolute Gasteiger partial charge is 0.201 e. The normalized spacial score (nSPS) is 10.3. The van der Waals surface area contributed by atoms with Crippen molar-refractivity contribution >= 4 is 0 Å². The second-order valence-electron chi connectivity index (χ2n) is 3.31. The highest BCUT2D eigenvalue weighted by Crippen LogP contribution is 2.27. The molecule has 1 heterocycles. The van der Waals surface area contributed by atoms with Crippen molar-refractivity contribution in [1.82, 2.24) is 4.98 Å². The summed E-state index contributed by atoms with van der Waals surface area (Å²) in [6.45, 7) is 0.160. The van der Waals surface area contributed by atoms with Crippen molar-refractivity contribution in [1.29, 1.82) is 0 Å². The fraction of sp³-hybridized carbons (Fsp3) is 0.0833. The predicted octanol–water partition coefficient (Wildman–Crippen LogP) is 2.61. The highest BCUT2D eigenvalue weighted by molar-refractivity contribution is 5.34. The lowest BCUT2D eigenvalue weighted by Gasteiger charge is -2.09. The summed E-state index contributed by atoms with van der Waals surface area (Å²) in [6, 6.07) is 6.96. The van der Waals surface area contributed by atoms with Gasteiger partial charge in [0.15, 0.2) is 11.6 Å². The molecule has 0 spiro atoms. The van der Waals surface area contributed by atoms with Gasteiger partial charge in [0, 0.05) is 12.7 Å². The van der Waals surface area contributed by atoms with Crippen molar-refractivity contribution in [2.24, 2.45) is 5.73 Å². The summed E-state index contributed by atoms with van der Waals surface area (Å²) in [5.41, 5.74) is 5.94. The van der Waals surface area contributed by atoms with E-state index >= 15 is 0 Å². The van der Waals surface area contributed by atoms with Crippen LogP contribution in [0.3, 0.4) is 0 Å². The summed E-state index contributed by atoms with van der Waals surface area (Å²) in [5, 5.41) is 0. The first-order valence-corrected chi connectivity index (χ1v) is 4.98. The number of aromatic nitrogens is 1. The van der Waals surface area contributed by atoms with Gasteiger partial charge in [0.1, 0.15) is 5.75 Å². The third-order valence-electron chi connectivity index (χ3n) is 2.18. The Morgan fingerprint density at radius 1 is 1.12 bits per heavy atom. The van der Waals surface area contributed by atoms with Gasteiger partial charge in [0.25, 0.3) is 0 Å². The molecule has 0 fully saturated rings. The van der Waals surface area contributed by atoms with E-state index in [9.17, 15) is 8.78 Å². The zero-order valence-electron chi connectivity index (χ0n) is 8.86. The number of hydrogen-bond donors (Lipinski definition) is 1. The van der Waals surface area contributed by atoms with Gasteiger partial charge in [-0.3, -0.25) is 4.98 Å². The topological polar surface area (TPSA) is 48.1 Å². The molecule has 0 saturated carbocycles. The van der Waals surface area contributed by atoms with E-state index in [1.165, 1.54) is 12.1 Å². The molecule has 1 aromatic carbocycles. The number of ether oxygens (including phenoxy) is 1. The van der Waals surface area contributed by atoms with Crippen LogP contribution in [0.1, 0.15) is 5.69 Å². The van der Waals surface area contributed by atoms with E-state index in [2.05, 4.69) is 4.98 Å². The summed E-state index contributed by atoms with van der Waals surface area (Å²) >= 11 is 0. The summed E-state index contributed by atoms with van der Waals surface area (Å²) in [7, 11) is 0. The maximum absolute atomic E-state index is 13.4. The monoisotopic (exact) mass is 236 g/mol. The Morgan fingerprint density at radius 2 is 1.88 bits per heavy atom. The van der Waals surface area contributed by atoms with Crippen LogP contribution in [0.25, 0.3) is 0 Å². The van der Waals surface area contributed by atoms with Gasteiger partial charge in [0.05, 0.1) is 5.69 Å². The van der Waals surface area contributed by atoms with Crippen molar-refractivity contribution in [3.05, 3.63) is 53.9 Å². The molecule has 2 aromatic rings. The number of pyridine rings is 1. The van der Waals surface area contributed by atoms with Crippen molar-refractivity contribution in [3.63, 3.8) is 0 Å². The molecule has 1 aromatic heterocycles. The summed E-state index contributed by atoms with van der Waals surface area (Å²) in [6.07, 6.45) is 1.55. The van der Waals surface area contributed by atoms with E-state index in [0.717, 1.165) is 6.07 Å². The zero-order valence-corrected chi connectivity index (χ0v) is 8.86. The standard InChI is InChI=1S/C12H10F2N2O/c13-8-3-1-4-11(12(8)14)17-10-5-2-6-16-9(10)7-15/h1-6H,7,15H2. The Bertz CT molecular complexity index is 532. The van der Waals surface area contributed by atoms with Gasteiger partial charge in [-0.2, -0.15) is 4.39 Å². The Morgan fingerprint density at radius 3 is 2.65 bits per heavy atom. The molecule has 0 saturated heterocycles. The highest BCUT2D eigenvalue weighted by atomic mass is 19.2. The fourth-order valence-corrected chi connectivity index (χ4v) is 1.35. The molecule has 0 atom stereocenters. The molecule has 0 radical (unpaired) electrons. The second kappa shape index (κ2) is 4.88. The molecule has 0 aliphatic rings. The zero-order chi connectivity index (χ0) is 12.3. The minimum absolute atomic E-state index is 0.160. The maximum Gasteiger partial charge on any atom is 0.201 e. The van der Waals surface area contributed by atoms with E-state index in [4.69, 9.17) is 10.5 Å². The van der Waals surface area contributed by atoms with Crippen molar-refractivity contribution < 1.29 is 13.5 Å². The van der Waals surface area contributed by atoms with E-state index < -0.39 is 11.6 Å². The average Bonchev–Trinajstić information content (AvgIpc) is 2.35. The van der Waals surface area contributed by atoms with E-state index in [0.29, 0.717) is 11.4 Å². The number of hydrogen-bond acceptors (Lipinski definition) is 3. The van der Waals surface area contributed by atoms with Gasteiger partial charge >= 0.3 is 0 Å². The Kier molecular flexibility index (Phi) is 3.30. The molecule has 0 unspecified atom stereocenters. The first-order chi connectivity index (χ1) is 8.22. The lowest BCUT2D eigenvalue weighted by atomic mass is 10.3. The van der Waals surface area contributed by atoms with Crippen molar-refractivity contribution in [2.75, 3.05) is 0 Å². The first-order valence-electron chi connectivity index (χ1n) is 4.98. The third-order valence-corrected chi connectivity index (χ3v) is 2.18. The number of benzene rings is 1. The summed E-state index contributed by atoms with van der Waals surface area (Å²) in [4.78, 5) is 3.98. The van der Waals surface area contributed by atoms with E-state index in [-0.39, 0.29) is 12.3 Å². The minimum Gasteiger partial charge on any atom is -0.452 e. The summed E-state index contributed by atoms with van der Waals surface area (Å²) < 4.78 is 31.6. The summed E-state index contributed by atoms with van der Waals surface area (Å²) in [5.74, 6) is -1.85. The largest absolute Gasteiger partial charge is 0.452 e. The van der Waals surface area contributed by atoms with Crippen molar-refractivity contribution in [2.45, 2.75) is 6.54 Å². The second-order valence-corrected chi connectivity index (χ2v) is 3.31. The van der Waals surface area contributed by atoms with E-state index in [1.54, 1.807) is 18.3 Å². The molecule has 0 aliphatic carbocycles. The van der Waals surface area contributed by atoms with Gasteiger partial charge < -0.3 is 10.5 Å². The fourth-order valence-electron chi connectivity index (χ4n) is 1.35. The number of nitrogens with zero attached hydrogens (tertiary/aromatic N) is 1. The van der Waals surface area contributed by atoms with Crippen LogP contribution in [-0.2, 0) is 6.54 Å². The molecule has 5 heteroatoms. The van der Waals surface area contributed by atoms with Crippen LogP contribution in [0.15, 0.2) is 36.5 Å². The van der Waals surface area contributed by atoms with Crippen molar-refractivity contribution in [3.8, 4) is 11.5 Å². The van der Waals surface area contributed by atoms with Crippen LogP contribution in [0.4, 0.5) is 8.78 Å². The molecule has 0 bridgehead atoms. The Balaban J connectivity index is 2.35. The quantitative estimate of drug-likeness (QED) is 0.891. The average molecular weight is 236 g/mol. The number of nitrogens with two attached hydrogens (primary N) is 1. The van der Waals surface area contributed by atoms with Crippen LogP contribution < -0.4 is 10.5 Å². The molecule has 2 rings (SSSR count). The minimum atomic E-state index is -1.03. The van der Waals surface area contributed by atoms with Gasteiger partial charge in [-0.05, 0) is 24.3 Å². The molecule has 0 aliphatic heterocycles. The lowest BCUT2D eigenvalue weighted by Crippen LogP contribution is -2.02. The molecule has 17 heavy (non-hydrogen) atoms. The van der Waals surface area contributed by atoms with Crippen LogP contribution >= 0.6 is 0 Å². The number of halogens is 2. The first kappa shape index (κ1) is 11.5. The maximum atomic E-state index is 13.4. The van der Waals surface area contributed by atoms with Gasteiger partial charge in [-0.15, -0.1) is 0 Å². The van der Waals surface area contributed by atoms with Gasteiger partial charge in [-0.1, -0.05) is 6.07 Å². The molecule has 88 valence electrons. The van der Waals surface area contributed by atoms with Crippen LogP contribution in [0.2, 0.25) is 0 Å². The van der Waals surface area contributed by atoms with Crippen LogP contribution in [-0.4, -0.2) is 4.98 Å². The van der Waals surface area contributed by atoms with Crippen LogP contribution in [0, 0.1) is 11.6 Å². The van der Waals surface area contributed by atoms with Crippen LogP contribution in [0.5, 0.6) is 11.5 Å². The molecular formula is C12H10F2N2O. The number of rotatable bonds is 3. The highest BCUT2D eigenvalue weighted by Gasteiger charge is 2.11. The lowest BCUT2D eigenvalue weighted by molar-refractivity contribution is 0.411. The third kappa shape index (κ3) is 2.39. The SMILES string of the molecule is NCc1ncccc1Oc1cccc(F)c1F. The van der Waals surface area contributed by atoms with Gasteiger partial charge in [0.2, 0.25) is 5.82 Å². The Labute approximate surface area is 96.9 Å². The van der Waals surface area contributed by atoms with Gasteiger partial charge in [-0.25, -0.2) is 4.39 Å². The van der Waals surface area contributed by atoms with E-state index in [1.807, 2.05) is 0 Å². The molecule has 0 amide bonds. The molecule has 2 N–H and O–H groups in total.